The molecule has 4 heteroatoms. The predicted molar refractivity (Wildman–Crippen MR) is 147 cm³/mol. The highest BCUT2D eigenvalue weighted by molar-refractivity contribution is 5.35. The van der Waals surface area contributed by atoms with Crippen LogP contribution in [0.2, 0.25) is 0 Å². The van der Waals surface area contributed by atoms with Crippen LogP contribution in [0.25, 0.3) is 0 Å². The van der Waals surface area contributed by atoms with Gasteiger partial charge in [-0.15, -0.1) is 0 Å². The van der Waals surface area contributed by atoms with Gasteiger partial charge in [0.05, 0.1) is 18.3 Å². The summed E-state index contributed by atoms with van der Waals surface area (Å²) in [7, 11) is 0. The first-order chi connectivity index (χ1) is 17.3. The molecule has 2 aliphatic rings. The van der Waals surface area contributed by atoms with Crippen LogP contribution in [0.5, 0.6) is 0 Å². The number of hydrogen-bond donors (Lipinski definition) is 0. The summed E-state index contributed by atoms with van der Waals surface area (Å²) in [5, 5.41) is 0. The van der Waals surface area contributed by atoms with Gasteiger partial charge in [0.25, 0.3) is 5.56 Å². The number of aryl methyl sites for hydroxylation is 1. The molecule has 0 radical (unpaired) electrons. The van der Waals surface area contributed by atoms with Gasteiger partial charge < -0.3 is 4.90 Å². The minimum Gasteiger partial charge on any atom is -0.369 e. The van der Waals surface area contributed by atoms with Crippen LogP contribution in [-0.4, -0.2) is 21.0 Å². The van der Waals surface area contributed by atoms with Crippen molar-refractivity contribution in [2.45, 2.75) is 71.9 Å². The number of allylic oxidation sites excluding steroid dienone is 1. The maximum atomic E-state index is 14.0. The van der Waals surface area contributed by atoms with Crippen molar-refractivity contribution in [1.82, 2.24) is 14.5 Å². The molecule has 5 rings (SSSR count). The van der Waals surface area contributed by atoms with E-state index in [1.807, 2.05) is 47.9 Å². The third-order valence-electron chi connectivity index (χ3n) is 8.36. The number of nitrogens with zero attached hydrogens (tertiary/aromatic N) is 3. The van der Waals surface area contributed by atoms with E-state index in [1.165, 1.54) is 31.4 Å². The normalized spacial score (nSPS) is 17.7. The highest BCUT2D eigenvalue weighted by Gasteiger charge is 2.30. The Morgan fingerprint density at radius 2 is 1.61 bits per heavy atom. The Labute approximate surface area is 215 Å². The van der Waals surface area contributed by atoms with Crippen molar-refractivity contribution < 1.29 is 0 Å². The molecule has 0 unspecified atom stereocenters. The number of benzene rings is 2. The van der Waals surface area contributed by atoms with Gasteiger partial charge in [-0.2, -0.15) is 0 Å². The summed E-state index contributed by atoms with van der Waals surface area (Å²) in [6.07, 6.45) is 6.97. The molecule has 0 amide bonds. The van der Waals surface area contributed by atoms with Gasteiger partial charge in [-0.05, 0) is 67.9 Å². The van der Waals surface area contributed by atoms with Crippen LogP contribution in [0, 0.1) is 18.3 Å². The topological polar surface area (TPSA) is 38.1 Å². The number of rotatable bonds is 6. The fraction of sp³-hybridized carbons (Fsp3) is 0.438. The first kappa shape index (κ1) is 24.5. The van der Waals surface area contributed by atoms with Gasteiger partial charge in [0.2, 0.25) is 0 Å². The lowest BCUT2D eigenvalue weighted by atomic mass is 9.72. The SMILES string of the molecule is C=C(CC1CCC(C)(C)CC1)N1CCc2c(nc(C)n(C(c3ccccc3)c3ccccc3)c2=O)C1. The van der Waals surface area contributed by atoms with Gasteiger partial charge in [-0.1, -0.05) is 81.1 Å². The second kappa shape index (κ2) is 10.1. The van der Waals surface area contributed by atoms with Crippen molar-refractivity contribution in [3.63, 3.8) is 0 Å². The van der Waals surface area contributed by atoms with Crippen molar-refractivity contribution in [3.05, 3.63) is 112 Å². The zero-order valence-corrected chi connectivity index (χ0v) is 22.0. The van der Waals surface area contributed by atoms with Crippen molar-refractivity contribution in [2.24, 2.45) is 11.3 Å². The van der Waals surface area contributed by atoms with Crippen molar-refractivity contribution >= 4 is 0 Å². The fourth-order valence-electron chi connectivity index (χ4n) is 6.08. The van der Waals surface area contributed by atoms with Gasteiger partial charge >= 0.3 is 0 Å². The van der Waals surface area contributed by atoms with E-state index in [0.29, 0.717) is 18.4 Å². The molecular weight excluding hydrogens is 442 g/mol. The molecule has 0 saturated heterocycles. The van der Waals surface area contributed by atoms with Gasteiger partial charge in [0.1, 0.15) is 5.82 Å². The third-order valence-corrected chi connectivity index (χ3v) is 8.36. The van der Waals surface area contributed by atoms with Crippen LogP contribution in [-0.2, 0) is 13.0 Å². The van der Waals surface area contributed by atoms with Gasteiger partial charge in [0, 0.05) is 17.8 Å². The first-order valence-electron chi connectivity index (χ1n) is 13.5. The standard InChI is InChI=1S/C32H39N3O/c1-23(21-25-15-18-32(3,4)19-16-25)34-20-17-28-29(22-34)33-24(2)35(31(28)36)30(26-11-7-5-8-12-26)27-13-9-6-10-14-27/h5-14,25,30H,1,15-22H2,2-4H3. The van der Waals surface area contributed by atoms with Gasteiger partial charge in [0.15, 0.2) is 0 Å². The van der Waals surface area contributed by atoms with E-state index in [1.54, 1.807) is 0 Å². The highest BCUT2D eigenvalue weighted by atomic mass is 16.1. The Kier molecular flexibility index (Phi) is 6.87. The minimum atomic E-state index is -0.193. The first-order valence-corrected chi connectivity index (χ1v) is 13.5. The maximum Gasteiger partial charge on any atom is 0.257 e. The average molecular weight is 482 g/mol. The second-order valence-electron chi connectivity index (χ2n) is 11.5. The molecular formula is C32H39N3O. The van der Waals surface area contributed by atoms with Gasteiger partial charge in [-0.3, -0.25) is 9.36 Å². The number of hydrogen-bond acceptors (Lipinski definition) is 3. The lowest BCUT2D eigenvalue weighted by molar-refractivity contribution is 0.180. The molecule has 0 atom stereocenters. The van der Waals surface area contributed by atoms with Crippen molar-refractivity contribution in [2.75, 3.05) is 6.54 Å². The molecule has 1 aliphatic heterocycles. The summed E-state index contributed by atoms with van der Waals surface area (Å²) in [5.74, 6) is 1.49. The molecule has 4 nitrogen and oxygen atoms in total. The second-order valence-corrected chi connectivity index (χ2v) is 11.5. The Bertz CT molecular complexity index is 1230. The molecule has 1 saturated carbocycles. The summed E-state index contributed by atoms with van der Waals surface area (Å²) < 4.78 is 1.90. The number of aromatic nitrogens is 2. The van der Waals surface area contributed by atoms with E-state index in [4.69, 9.17) is 4.98 Å². The Morgan fingerprint density at radius 3 is 2.19 bits per heavy atom. The molecule has 1 aliphatic carbocycles. The lowest BCUT2D eigenvalue weighted by Crippen LogP contribution is -2.39. The molecule has 0 spiro atoms. The molecule has 2 aromatic carbocycles. The van der Waals surface area contributed by atoms with Crippen LogP contribution in [0.3, 0.4) is 0 Å². The average Bonchev–Trinajstić information content (AvgIpc) is 2.88. The summed E-state index contributed by atoms with van der Waals surface area (Å²) in [5.41, 5.74) is 5.76. The lowest BCUT2D eigenvalue weighted by Gasteiger charge is -2.37. The molecule has 0 bridgehead atoms. The van der Waals surface area contributed by atoms with E-state index < -0.39 is 0 Å². The quantitative estimate of drug-likeness (QED) is 0.395. The Morgan fingerprint density at radius 1 is 1.03 bits per heavy atom. The highest BCUT2D eigenvalue weighted by Crippen LogP contribution is 2.40. The molecule has 1 fully saturated rings. The molecule has 3 aromatic rings. The largest absolute Gasteiger partial charge is 0.369 e. The van der Waals surface area contributed by atoms with Crippen LogP contribution >= 0.6 is 0 Å². The Balaban J connectivity index is 1.41. The predicted octanol–water partition coefficient (Wildman–Crippen LogP) is 6.67. The molecule has 36 heavy (non-hydrogen) atoms. The summed E-state index contributed by atoms with van der Waals surface area (Å²) >= 11 is 0. The van der Waals surface area contributed by atoms with Crippen LogP contribution in [0.1, 0.15) is 80.2 Å². The maximum absolute atomic E-state index is 14.0. The van der Waals surface area contributed by atoms with Crippen LogP contribution < -0.4 is 5.56 Å². The van der Waals surface area contributed by atoms with Gasteiger partial charge in [-0.25, -0.2) is 4.98 Å². The van der Waals surface area contributed by atoms with E-state index in [9.17, 15) is 4.79 Å². The third kappa shape index (κ3) is 5.04. The molecule has 2 heterocycles. The minimum absolute atomic E-state index is 0.0926. The zero-order chi connectivity index (χ0) is 25.3. The summed E-state index contributed by atoms with van der Waals surface area (Å²) in [6.45, 7) is 12.7. The van der Waals surface area contributed by atoms with Crippen LogP contribution in [0.15, 0.2) is 77.7 Å². The van der Waals surface area contributed by atoms with Crippen molar-refractivity contribution in [3.8, 4) is 0 Å². The van der Waals surface area contributed by atoms with E-state index in [2.05, 4.69) is 49.6 Å². The zero-order valence-electron chi connectivity index (χ0n) is 22.0. The molecule has 1 aromatic heterocycles. The smallest absolute Gasteiger partial charge is 0.257 e. The van der Waals surface area contributed by atoms with E-state index in [-0.39, 0.29) is 11.6 Å². The van der Waals surface area contributed by atoms with E-state index in [0.717, 1.165) is 47.1 Å². The molecule has 188 valence electrons. The molecule has 0 N–H and O–H groups in total. The summed E-state index contributed by atoms with van der Waals surface area (Å²) in [6, 6.07) is 20.4. The van der Waals surface area contributed by atoms with E-state index >= 15 is 0 Å². The monoisotopic (exact) mass is 481 g/mol. The fourth-order valence-corrected chi connectivity index (χ4v) is 6.08. The number of fused-ring (bicyclic) bond motifs is 1. The van der Waals surface area contributed by atoms with Crippen molar-refractivity contribution in [1.29, 1.82) is 0 Å². The summed E-state index contributed by atoms with van der Waals surface area (Å²) in [4.78, 5) is 21.3. The Hall–Kier alpha value is -3.14. The van der Waals surface area contributed by atoms with Crippen LogP contribution in [0.4, 0.5) is 0 Å².